The summed E-state index contributed by atoms with van der Waals surface area (Å²) in [4.78, 5) is 2.23. The Morgan fingerprint density at radius 3 is 3.20 bits per heavy atom. The Balaban J connectivity index is 2.09. The van der Waals surface area contributed by atoms with Gasteiger partial charge >= 0.3 is 0 Å². The van der Waals surface area contributed by atoms with Gasteiger partial charge in [-0.2, -0.15) is 5.10 Å². The van der Waals surface area contributed by atoms with Gasteiger partial charge in [-0.3, -0.25) is 5.10 Å². The van der Waals surface area contributed by atoms with E-state index in [0.29, 0.717) is 6.54 Å². The van der Waals surface area contributed by atoms with Crippen LogP contribution in [0.25, 0.3) is 0 Å². The van der Waals surface area contributed by atoms with Crippen LogP contribution in [0.2, 0.25) is 0 Å². The minimum absolute atomic E-state index is 0.153. The maximum Gasteiger partial charge on any atom is 0.128 e. The highest BCUT2D eigenvalue weighted by molar-refractivity contribution is 5.45. The number of nitrogens with one attached hydrogen (secondary N) is 1. The summed E-state index contributed by atoms with van der Waals surface area (Å²) in [5.41, 5.74) is 6.68. The lowest BCUT2D eigenvalue weighted by Crippen LogP contribution is -2.26. The maximum absolute atomic E-state index is 9.55. The number of hydrogen-bond donors (Lipinski definition) is 3. The molecule has 1 unspecified atom stereocenters. The molecule has 0 aromatic carbocycles. The molecule has 0 amide bonds. The molecule has 1 aliphatic heterocycles. The highest BCUT2D eigenvalue weighted by atomic mass is 16.3. The lowest BCUT2D eigenvalue weighted by atomic mass is 10.2. The third kappa shape index (κ3) is 2.30. The second-order valence-electron chi connectivity index (χ2n) is 4.02. The summed E-state index contributed by atoms with van der Waals surface area (Å²) in [6, 6.07) is 0. The van der Waals surface area contributed by atoms with E-state index >= 15 is 0 Å². The number of anilines is 1. The Hall–Kier alpha value is -1.07. The van der Waals surface area contributed by atoms with E-state index in [-0.39, 0.29) is 6.10 Å². The van der Waals surface area contributed by atoms with Crippen LogP contribution in [0.15, 0.2) is 6.20 Å². The van der Waals surface area contributed by atoms with Gasteiger partial charge < -0.3 is 15.7 Å². The number of aromatic nitrogens is 2. The molecule has 4 N–H and O–H groups in total. The fraction of sp³-hybridized carbons (Fsp3) is 0.700. The summed E-state index contributed by atoms with van der Waals surface area (Å²) in [5, 5.41) is 16.5. The minimum atomic E-state index is -0.153. The van der Waals surface area contributed by atoms with Gasteiger partial charge in [0.15, 0.2) is 0 Å². The van der Waals surface area contributed by atoms with Crippen molar-refractivity contribution in [3.63, 3.8) is 0 Å². The van der Waals surface area contributed by atoms with Gasteiger partial charge in [-0.25, -0.2) is 0 Å². The van der Waals surface area contributed by atoms with Gasteiger partial charge in [0.2, 0.25) is 0 Å². The average Bonchev–Trinajstić information content (AvgIpc) is 2.61. The summed E-state index contributed by atoms with van der Waals surface area (Å²) < 4.78 is 0. The van der Waals surface area contributed by atoms with Gasteiger partial charge in [0.25, 0.3) is 0 Å². The zero-order valence-corrected chi connectivity index (χ0v) is 8.82. The molecular weight excluding hydrogens is 192 g/mol. The van der Waals surface area contributed by atoms with Crippen LogP contribution in [0, 0.1) is 0 Å². The molecule has 15 heavy (non-hydrogen) atoms. The normalized spacial score (nSPS) is 22.8. The molecule has 2 heterocycles. The zero-order valence-electron chi connectivity index (χ0n) is 8.82. The summed E-state index contributed by atoms with van der Waals surface area (Å²) in [6.45, 7) is 2.34. The van der Waals surface area contributed by atoms with Gasteiger partial charge in [-0.15, -0.1) is 0 Å². The maximum atomic E-state index is 9.55. The fourth-order valence-corrected chi connectivity index (χ4v) is 2.03. The highest BCUT2D eigenvalue weighted by Gasteiger charge is 2.18. The van der Waals surface area contributed by atoms with Gasteiger partial charge in [0, 0.05) is 25.2 Å². The number of aliphatic hydroxyl groups is 1. The summed E-state index contributed by atoms with van der Waals surface area (Å²) >= 11 is 0. The van der Waals surface area contributed by atoms with E-state index in [9.17, 15) is 5.11 Å². The summed E-state index contributed by atoms with van der Waals surface area (Å²) in [7, 11) is 0. The molecule has 0 aliphatic carbocycles. The molecule has 2 rings (SSSR count). The van der Waals surface area contributed by atoms with E-state index in [0.717, 1.165) is 43.7 Å². The van der Waals surface area contributed by atoms with Crippen LogP contribution in [0.5, 0.6) is 0 Å². The van der Waals surface area contributed by atoms with Crippen LogP contribution in [-0.2, 0) is 6.54 Å². The van der Waals surface area contributed by atoms with Crippen molar-refractivity contribution in [1.29, 1.82) is 0 Å². The van der Waals surface area contributed by atoms with Crippen LogP contribution in [0.4, 0.5) is 5.82 Å². The van der Waals surface area contributed by atoms with E-state index < -0.39 is 0 Å². The number of hydrogen-bond acceptors (Lipinski definition) is 4. The van der Waals surface area contributed by atoms with E-state index in [1.54, 1.807) is 6.20 Å². The van der Waals surface area contributed by atoms with Gasteiger partial charge in [0.1, 0.15) is 5.82 Å². The molecule has 1 atom stereocenters. The molecule has 0 radical (unpaired) electrons. The van der Waals surface area contributed by atoms with Crippen LogP contribution in [0.3, 0.4) is 0 Å². The first-order chi connectivity index (χ1) is 7.31. The molecule has 5 nitrogen and oxygen atoms in total. The number of aliphatic hydroxyl groups excluding tert-OH is 1. The molecule has 1 saturated heterocycles. The smallest absolute Gasteiger partial charge is 0.128 e. The number of nitrogens with two attached hydrogens (primary N) is 1. The molecule has 0 spiro atoms. The SMILES string of the molecule is NCc1cn[nH]c1N1CCCC(O)CC1. The molecule has 1 aromatic heterocycles. The van der Waals surface area contributed by atoms with Gasteiger partial charge in [-0.1, -0.05) is 0 Å². The molecular formula is C10H18N4O. The van der Waals surface area contributed by atoms with Crippen molar-refractivity contribution in [1.82, 2.24) is 10.2 Å². The highest BCUT2D eigenvalue weighted by Crippen LogP contribution is 2.20. The number of aromatic amines is 1. The third-order valence-corrected chi connectivity index (χ3v) is 2.93. The van der Waals surface area contributed by atoms with Crippen molar-refractivity contribution < 1.29 is 5.11 Å². The quantitative estimate of drug-likeness (QED) is 0.652. The van der Waals surface area contributed by atoms with Crippen molar-refractivity contribution in [3.05, 3.63) is 11.8 Å². The standard InChI is InChI=1S/C10H18N4O/c11-6-8-7-12-13-10(8)14-4-1-2-9(15)3-5-14/h7,9,15H,1-6,11H2,(H,12,13). The zero-order chi connectivity index (χ0) is 10.7. The van der Waals surface area contributed by atoms with Crippen molar-refractivity contribution in [2.45, 2.75) is 31.9 Å². The topological polar surface area (TPSA) is 78.2 Å². The van der Waals surface area contributed by atoms with E-state index in [2.05, 4.69) is 15.1 Å². The molecule has 0 saturated carbocycles. The van der Waals surface area contributed by atoms with E-state index in [1.807, 2.05) is 0 Å². The summed E-state index contributed by atoms with van der Waals surface area (Å²) in [5.74, 6) is 1.02. The first kappa shape index (κ1) is 10.4. The van der Waals surface area contributed by atoms with E-state index in [1.165, 1.54) is 0 Å². The Kier molecular flexibility index (Phi) is 3.23. The molecule has 84 valence electrons. The van der Waals surface area contributed by atoms with E-state index in [4.69, 9.17) is 5.73 Å². The number of nitrogens with zero attached hydrogens (tertiary/aromatic N) is 2. The van der Waals surface area contributed by atoms with Crippen LogP contribution < -0.4 is 10.6 Å². The van der Waals surface area contributed by atoms with Gasteiger partial charge in [0.05, 0.1) is 12.3 Å². The second-order valence-corrected chi connectivity index (χ2v) is 4.02. The lowest BCUT2D eigenvalue weighted by Gasteiger charge is -2.21. The van der Waals surface area contributed by atoms with Crippen molar-refractivity contribution in [2.75, 3.05) is 18.0 Å². The van der Waals surface area contributed by atoms with Crippen molar-refractivity contribution in [2.24, 2.45) is 5.73 Å². The minimum Gasteiger partial charge on any atom is -0.393 e. The predicted octanol–water partition coefficient (Wildman–Crippen LogP) is 0.220. The predicted molar refractivity (Wildman–Crippen MR) is 58.5 cm³/mol. The van der Waals surface area contributed by atoms with Crippen LogP contribution in [0.1, 0.15) is 24.8 Å². The molecule has 1 aliphatic rings. The molecule has 1 fully saturated rings. The van der Waals surface area contributed by atoms with Crippen molar-refractivity contribution in [3.8, 4) is 0 Å². The molecule has 0 bridgehead atoms. The first-order valence-corrected chi connectivity index (χ1v) is 5.46. The Morgan fingerprint density at radius 2 is 2.40 bits per heavy atom. The Morgan fingerprint density at radius 1 is 1.53 bits per heavy atom. The largest absolute Gasteiger partial charge is 0.393 e. The molecule has 5 heteroatoms. The number of H-pyrrole nitrogens is 1. The monoisotopic (exact) mass is 210 g/mol. The first-order valence-electron chi connectivity index (χ1n) is 5.46. The van der Waals surface area contributed by atoms with Crippen LogP contribution in [-0.4, -0.2) is 34.5 Å². The van der Waals surface area contributed by atoms with Gasteiger partial charge in [-0.05, 0) is 19.3 Å². The second kappa shape index (κ2) is 4.63. The fourth-order valence-electron chi connectivity index (χ4n) is 2.03. The summed E-state index contributed by atoms with van der Waals surface area (Å²) in [6.07, 6.45) is 4.35. The van der Waals surface area contributed by atoms with Crippen LogP contribution >= 0.6 is 0 Å². The Bertz CT molecular complexity index is 312. The third-order valence-electron chi connectivity index (χ3n) is 2.93. The molecule has 1 aromatic rings. The van der Waals surface area contributed by atoms with Crippen molar-refractivity contribution >= 4 is 5.82 Å². The average molecular weight is 210 g/mol. The lowest BCUT2D eigenvalue weighted by molar-refractivity contribution is 0.161. The Labute approximate surface area is 89.3 Å². The number of rotatable bonds is 2.